The maximum absolute atomic E-state index is 3.69. The van der Waals surface area contributed by atoms with Crippen molar-refractivity contribution in [2.45, 2.75) is 53.0 Å². The summed E-state index contributed by atoms with van der Waals surface area (Å²) in [6.07, 6.45) is 2.57. The third kappa shape index (κ3) is 5.25. The zero-order valence-electron chi connectivity index (χ0n) is 13.1. The topological polar surface area (TPSA) is 27.3 Å². The Kier molecular flexibility index (Phi) is 6.09. The molecule has 0 spiro atoms. The Morgan fingerprint density at radius 2 is 1.67 bits per heavy atom. The van der Waals surface area contributed by atoms with Gasteiger partial charge in [0.15, 0.2) is 0 Å². The molecule has 1 rings (SSSR count). The van der Waals surface area contributed by atoms with Gasteiger partial charge in [-0.15, -0.1) is 0 Å². The van der Waals surface area contributed by atoms with Crippen molar-refractivity contribution in [2.24, 2.45) is 5.41 Å². The minimum Gasteiger partial charge on any atom is -0.314 e. The summed E-state index contributed by atoms with van der Waals surface area (Å²) in [5.74, 6) is 0. The predicted octanol–water partition coefficient (Wildman–Crippen LogP) is 2.09. The van der Waals surface area contributed by atoms with Crippen LogP contribution in [0, 0.1) is 5.41 Å². The van der Waals surface area contributed by atoms with E-state index in [0.29, 0.717) is 5.41 Å². The molecule has 0 aromatic rings. The standard InChI is InChI=1S/C15H33N3/c1-6-7-14(2,3)12-17-13-15(4,5)18-10-8-16-9-11-18/h16-17H,6-13H2,1-5H3. The zero-order chi connectivity index (χ0) is 13.6. The second kappa shape index (κ2) is 6.88. The van der Waals surface area contributed by atoms with E-state index < -0.39 is 0 Å². The van der Waals surface area contributed by atoms with Crippen molar-refractivity contribution >= 4 is 0 Å². The molecule has 0 aromatic heterocycles. The van der Waals surface area contributed by atoms with Crippen LogP contribution in [0.25, 0.3) is 0 Å². The lowest BCUT2D eigenvalue weighted by atomic mass is 9.88. The fourth-order valence-corrected chi connectivity index (χ4v) is 2.85. The average molecular weight is 255 g/mol. The van der Waals surface area contributed by atoms with Crippen LogP contribution in [0.2, 0.25) is 0 Å². The maximum atomic E-state index is 3.69. The van der Waals surface area contributed by atoms with Crippen molar-refractivity contribution < 1.29 is 0 Å². The molecule has 0 amide bonds. The van der Waals surface area contributed by atoms with Crippen molar-refractivity contribution in [3.05, 3.63) is 0 Å². The molecule has 3 heteroatoms. The van der Waals surface area contributed by atoms with Crippen LogP contribution in [0.4, 0.5) is 0 Å². The summed E-state index contributed by atoms with van der Waals surface area (Å²) in [6, 6.07) is 0. The molecule has 3 nitrogen and oxygen atoms in total. The molecule has 108 valence electrons. The minimum absolute atomic E-state index is 0.268. The van der Waals surface area contributed by atoms with Gasteiger partial charge in [-0.1, -0.05) is 27.2 Å². The number of rotatable bonds is 7. The number of hydrogen-bond donors (Lipinski definition) is 2. The highest BCUT2D eigenvalue weighted by atomic mass is 15.2. The predicted molar refractivity (Wildman–Crippen MR) is 80.1 cm³/mol. The van der Waals surface area contributed by atoms with E-state index in [1.54, 1.807) is 0 Å². The molecule has 1 aliphatic rings. The van der Waals surface area contributed by atoms with E-state index in [-0.39, 0.29) is 5.54 Å². The van der Waals surface area contributed by atoms with Gasteiger partial charge < -0.3 is 10.6 Å². The second-order valence-electron chi connectivity index (χ2n) is 7.07. The minimum atomic E-state index is 0.268. The number of hydrogen-bond acceptors (Lipinski definition) is 3. The highest BCUT2D eigenvalue weighted by Gasteiger charge is 2.28. The SMILES string of the molecule is CCCC(C)(C)CNCC(C)(C)N1CCNCC1. The molecule has 1 heterocycles. The van der Waals surface area contributed by atoms with E-state index in [1.165, 1.54) is 25.9 Å². The van der Waals surface area contributed by atoms with Gasteiger partial charge in [0.1, 0.15) is 0 Å². The third-order valence-electron chi connectivity index (χ3n) is 4.06. The van der Waals surface area contributed by atoms with E-state index in [4.69, 9.17) is 0 Å². The molecular weight excluding hydrogens is 222 g/mol. The molecule has 2 N–H and O–H groups in total. The van der Waals surface area contributed by atoms with Gasteiger partial charge in [0.25, 0.3) is 0 Å². The molecule has 1 aliphatic heterocycles. The highest BCUT2D eigenvalue weighted by Crippen LogP contribution is 2.21. The van der Waals surface area contributed by atoms with Crippen LogP contribution in [-0.4, -0.2) is 49.7 Å². The quantitative estimate of drug-likeness (QED) is 0.729. The Bertz CT molecular complexity index is 230. The van der Waals surface area contributed by atoms with E-state index in [0.717, 1.165) is 26.2 Å². The van der Waals surface area contributed by atoms with Gasteiger partial charge in [-0.25, -0.2) is 0 Å². The lowest BCUT2D eigenvalue weighted by Gasteiger charge is -2.42. The molecule has 0 aliphatic carbocycles. The van der Waals surface area contributed by atoms with Crippen LogP contribution in [0.1, 0.15) is 47.5 Å². The monoisotopic (exact) mass is 255 g/mol. The van der Waals surface area contributed by atoms with Gasteiger partial charge in [-0.05, 0) is 25.7 Å². The summed E-state index contributed by atoms with van der Waals surface area (Å²) in [5.41, 5.74) is 0.693. The first-order valence-corrected chi connectivity index (χ1v) is 7.54. The average Bonchev–Trinajstić information content (AvgIpc) is 2.29. The molecular formula is C15H33N3. The molecule has 18 heavy (non-hydrogen) atoms. The fourth-order valence-electron chi connectivity index (χ4n) is 2.85. The molecule has 0 unspecified atom stereocenters. The summed E-state index contributed by atoms with van der Waals surface area (Å²) in [5, 5.41) is 7.11. The first-order chi connectivity index (χ1) is 8.37. The lowest BCUT2D eigenvalue weighted by molar-refractivity contribution is 0.0991. The molecule has 1 saturated heterocycles. The Morgan fingerprint density at radius 1 is 1.06 bits per heavy atom. The van der Waals surface area contributed by atoms with Crippen molar-refractivity contribution in [1.82, 2.24) is 15.5 Å². The molecule has 1 fully saturated rings. The molecule has 0 bridgehead atoms. The number of nitrogens with one attached hydrogen (secondary N) is 2. The van der Waals surface area contributed by atoms with Crippen molar-refractivity contribution in [1.29, 1.82) is 0 Å². The van der Waals surface area contributed by atoms with E-state index >= 15 is 0 Å². The maximum Gasteiger partial charge on any atom is 0.0278 e. The first kappa shape index (κ1) is 15.9. The Morgan fingerprint density at radius 3 is 2.22 bits per heavy atom. The van der Waals surface area contributed by atoms with Crippen molar-refractivity contribution in [3.8, 4) is 0 Å². The van der Waals surface area contributed by atoms with Crippen LogP contribution < -0.4 is 10.6 Å². The van der Waals surface area contributed by atoms with Crippen molar-refractivity contribution in [3.63, 3.8) is 0 Å². The van der Waals surface area contributed by atoms with Gasteiger partial charge in [0, 0.05) is 44.8 Å². The molecule has 0 atom stereocenters. The van der Waals surface area contributed by atoms with Gasteiger partial charge in [-0.3, -0.25) is 4.90 Å². The van der Waals surface area contributed by atoms with E-state index in [1.807, 2.05) is 0 Å². The van der Waals surface area contributed by atoms with E-state index in [2.05, 4.69) is 50.2 Å². The normalized spacial score (nSPS) is 19.2. The van der Waals surface area contributed by atoms with Crippen LogP contribution in [0.5, 0.6) is 0 Å². The van der Waals surface area contributed by atoms with E-state index in [9.17, 15) is 0 Å². The Labute approximate surface area is 114 Å². The van der Waals surface area contributed by atoms with Crippen LogP contribution >= 0.6 is 0 Å². The van der Waals surface area contributed by atoms with Gasteiger partial charge in [-0.2, -0.15) is 0 Å². The summed E-state index contributed by atoms with van der Waals surface area (Å²) in [7, 11) is 0. The van der Waals surface area contributed by atoms with Crippen LogP contribution in [0.15, 0.2) is 0 Å². The van der Waals surface area contributed by atoms with Crippen LogP contribution in [0.3, 0.4) is 0 Å². The highest BCUT2D eigenvalue weighted by molar-refractivity contribution is 4.87. The van der Waals surface area contributed by atoms with Crippen molar-refractivity contribution in [2.75, 3.05) is 39.3 Å². The largest absolute Gasteiger partial charge is 0.314 e. The molecule has 0 radical (unpaired) electrons. The Hall–Kier alpha value is -0.120. The molecule has 0 saturated carbocycles. The zero-order valence-corrected chi connectivity index (χ0v) is 13.1. The number of nitrogens with zero attached hydrogens (tertiary/aromatic N) is 1. The summed E-state index contributed by atoms with van der Waals surface area (Å²) < 4.78 is 0. The van der Waals surface area contributed by atoms with Gasteiger partial charge >= 0.3 is 0 Å². The van der Waals surface area contributed by atoms with Crippen LogP contribution in [-0.2, 0) is 0 Å². The van der Waals surface area contributed by atoms with Gasteiger partial charge in [0.05, 0.1) is 0 Å². The first-order valence-electron chi connectivity index (χ1n) is 7.54. The number of piperazine rings is 1. The third-order valence-corrected chi connectivity index (χ3v) is 4.06. The lowest BCUT2D eigenvalue weighted by Crippen LogP contribution is -2.57. The smallest absolute Gasteiger partial charge is 0.0278 e. The fraction of sp³-hybridized carbons (Fsp3) is 1.00. The molecule has 0 aromatic carbocycles. The summed E-state index contributed by atoms with van der Waals surface area (Å²) in [4.78, 5) is 2.60. The second-order valence-corrected chi connectivity index (χ2v) is 7.07. The Balaban J connectivity index is 2.32. The van der Waals surface area contributed by atoms with Gasteiger partial charge in [0.2, 0.25) is 0 Å². The summed E-state index contributed by atoms with van der Waals surface area (Å²) >= 11 is 0. The summed E-state index contributed by atoms with van der Waals surface area (Å²) in [6.45, 7) is 18.5.